The highest BCUT2D eigenvalue weighted by molar-refractivity contribution is 6.33. The molecule has 0 spiro atoms. The van der Waals surface area contributed by atoms with E-state index in [2.05, 4.69) is 79.7 Å². The van der Waals surface area contributed by atoms with E-state index in [0.29, 0.717) is 31.5 Å². The first-order chi connectivity index (χ1) is 21.2. The zero-order chi connectivity index (χ0) is 29.4. The lowest BCUT2D eigenvalue weighted by Gasteiger charge is -2.37. The lowest BCUT2D eigenvalue weighted by molar-refractivity contribution is -0.142. The van der Waals surface area contributed by atoms with E-state index in [4.69, 9.17) is 30.5 Å². The zero-order valence-corrected chi connectivity index (χ0v) is 25.5. The summed E-state index contributed by atoms with van der Waals surface area (Å²) in [4.78, 5) is 0. The molecule has 43 heavy (non-hydrogen) atoms. The molecule has 0 aliphatic carbocycles. The van der Waals surface area contributed by atoms with E-state index in [9.17, 15) is 0 Å². The van der Waals surface area contributed by atoms with Gasteiger partial charge in [0.05, 0.1) is 43.2 Å². The number of hydrogen-bond donors (Lipinski definition) is 0. The summed E-state index contributed by atoms with van der Waals surface area (Å²) in [7, 11) is 0. The largest absolute Gasteiger partial charge is 0.487 e. The molecule has 0 radical (unpaired) electrons. The van der Waals surface area contributed by atoms with Gasteiger partial charge in [0.25, 0.3) is 0 Å². The smallest absolute Gasteiger partial charge is 0.146 e. The first-order valence-corrected chi connectivity index (χ1v) is 15.7. The Morgan fingerprint density at radius 2 is 1.51 bits per heavy atom. The minimum atomic E-state index is -0.182. The SMILES string of the molecule is CCc1ccc(Cc2cc(C3CC(OCc4ccccc4)CC(COCc4ccccc4)O3)c3c(c2Cl)OCC=C3)cc1. The van der Waals surface area contributed by atoms with Gasteiger partial charge in [-0.15, -0.1) is 0 Å². The highest BCUT2D eigenvalue weighted by Gasteiger charge is 2.34. The standard InChI is InChI=1S/C38H39ClO4/c1-2-27-15-17-28(18-16-27)20-31-21-35(34-14-9-19-41-38(34)37(31)39)36-23-32(42-25-30-12-7-4-8-13-30)22-33(43-36)26-40-24-29-10-5-3-6-11-29/h3-18,21,32-33,36H,2,19-20,22-26H2,1H3. The summed E-state index contributed by atoms with van der Waals surface area (Å²) in [6.07, 6.45) is 7.16. The molecular formula is C38H39ClO4. The summed E-state index contributed by atoms with van der Waals surface area (Å²) in [5.41, 5.74) is 8.00. The monoisotopic (exact) mass is 594 g/mol. The van der Waals surface area contributed by atoms with Gasteiger partial charge in [0, 0.05) is 18.4 Å². The second-order valence-electron chi connectivity index (χ2n) is 11.4. The number of rotatable bonds is 11. The van der Waals surface area contributed by atoms with Gasteiger partial charge in [-0.1, -0.05) is 116 Å². The van der Waals surface area contributed by atoms with Crippen molar-refractivity contribution in [3.63, 3.8) is 0 Å². The Morgan fingerprint density at radius 1 is 0.814 bits per heavy atom. The van der Waals surface area contributed by atoms with Crippen LogP contribution in [0.3, 0.4) is 0 Å². The van der Waals surface area contributed by atoms with Gasteiger partial charge in [0.1, 0.15) is 12.4 Å². The van der Waals surface area contributed by atoms with E-state index < -0.39 is 0 Å². The first-order valence-electron chi connectivity index (χ1n) is 15.3. The van der Waals surface area contributed by atoms with E-state index in [1.54, 1.807) is 0 Å². The molecule has 222 valence electrons. The number of ether oxygens (including phenoxy) is 4. The third kappa shape index (κ3) is 7.57. The fourth-order valence-corrected chi connectivity index (χ4v) is 6.21. The predicted octanol–water partition coefficient (Wildman–Crippen LogP) is 8.92. The summed E-state index contributed by atoms with van der Waals surface area (Å²) in [5, 5.41) is 0.679. The van der Waals surface area contributed by atoms with Crippen LogP contribution in [-0.2, 0) is 40.3 Å². The molecule has 0 aromatic heterocycles. The van der Waals surface area contributed by atoms with Crippen LogP contribution >= 0.6 is 11.6 Å². The Morgan fingerprint density at radius 3 is 2.23 bits per heavy atom. The second kappa shape index (κ2) is 14.4. The summed E-state index contributed by atoms with van der Waals surface area (Å²) >= 11 is 7.00. The van der Waals surface area contributed by atoms with E-state index in [-0.39, 0.29) is 18.3 Å². The van der Waals surface area contributed by atoms with Crippen LogP contribution in [0.1, 0.15) is 64.8 Å². The van der Waals surface area contributed by atoms with Crippen LogP contribution in [0.2, 0.25) is 5.02 Å². The maximum absolute atomic E-state index is 7.00. The lowest BCUT2D eigenvalue weighted by atomic mass is 9.89. The maximum atomic E-state index is 7.00. The molecule has 0 N–H and O–H groups in total. The van der Waals surface area contributed by atoms with E-state index in [1.165, 1.54) is 16.7 Å². The lowest BCUT2D eigenvalue weighted by Crippen LogP contribution is -2.36. The number of hydrogen-bond acceptors (Lipinski definition) is 4. The number of benzene rings is 4. The molecule has 4 aromatic rings. The number of fused-ring (bicyclic) bond motifs is 1. The van der Waals surface area contributed by atoms with Gasteiger partial charge in [-0.25, -0.2) is 0 Å². The van der Waals surface area contributed by atoms with Crippen LogP contribution in [-0.4, -0.2) is 25.4 Å². The Labute approximate surface area is 260 Å². The highest BCUT2D eigenvalue weighted by Crippen LogP contribution is 2.44. The fraction of sp³-hybridized carbons (Fsp3) is 0.316. The van der Waals surface area contributed by atoms with Crippen molar-refractivity contribution in [3.8, 4) is 5.75 Å². The second-order valence-corrected chi connectivity index (χ2v) is 11.8. The molecule has 1 fully saturated rings. The molecule has 5 heteroatoms. The molecule has 0 amide bonds. The van der Waals surface area contributed by atoms with Gasteiger partial charge in [-0.05, 0) is 52.3 Å². The van der Waals surface area contributed by atoms with Crippen LogP contribution in [0.25, 0.3) is 6.08 Å². The van der Waals surface area contributed by atoms with Crippen LogP contribution in [0.5, 0.6) is 5.75 Å². The van der Waals surface area contributed by atoms with Gasteiger partial charge in [0.15, 0.2) is 0 Å². The Balaban J connectivity index is 1.26. The topological polar surface area (TPSA) is 36.9 Å². The summed E-state index contributed by atoms with van der Waals surface area (Å²) < 4.78 is 25.6. The van der Waals surface area contributed by atoms with Crippen LogP contribution in [0.4, 0.5) is 0 Å². The molecular weight excluding hydrogens is 556 g/mol. The average Bonchev–Trinajstić information content (AvgIpc) is 3.06. The average molecular weight is 595 g/mol. The highest BCUT2D eigenvalue weighted by atomic mass is 35.5. The minimum Gasteiger partial charge on any atom is -0.487 e. The number of aryl methyl sites for hydroxylation is 1. The maximum Gasteiger partial charge on any atom is 0.146 e. The van der Waals surface area contributed by atoms with Crippen LogP contribution in [0.15, 0.2) is 97.1 Å². The van der Waals surface area contributed by atoms with Crippen molar-refractivity contribution in [2.45, 2.75) is 64.1 Å². The third-order valence-electron chi connectivity index (χ3n) is 8.25. The number of halogens is 1. The van der Waals surface area contributed by atoms with Crippen molar-refractivity contribution in [1.82, 2.24) is 0 Å². The Kier molecular flexibility index (Phi) is 9.91. The molecule has 1 saturated heterocycles. The predicted molar refractivity (Wildman–Crippen MR) is 173 cm³/mol. The molecule has 6 rings (SSSR count). The van der Waals surface area contributed by atoms with Gasteiger partial charge in [0.2, 0.25) is 0 Å². The molecule has 0 saturated carbocycles. The molecule has 4 aromatic carbocycles. The van der Waals surface area contributed by atoms with Crippen molar-refractivity contribution < 1.29 is 18.9 Å². The Hall–Kier alpha value is -3.41. The molecule has 2 aliphatic rings. The van der Waals surface area contributed by atoms with Crippen molar-refractivity contribution >= 4 is 17.7 Å². The quantitative estimate of drug-likeness (QED) is 0.174. The molecule has 2 heterocycles. The van der Waals surface area contributed by atoms with Gasteiger partial charge in [-0.2, -0.15) is 0 Å². The van der Waals surface area contributed by atoms with E-state index >= 15 is 0 Å². The van der Waals surface area contributed by atoms with Crippen molar-refractivity contribution in [1.29, 1.82) is 0 Å². The third-order valence-corrected chi connectivity index (χ3v) is 8.67. The van der Waals surface area contributed by atoms with Crippen molar-refractivity contribution in [3.05, 3.63) is 141 Å². The molecule has 2 aliphatic heterocycles. The summed E-state index contributed by atoms with van der Waals surface area (Å²) in [5.74, 6) is 0.745. The summed E-state index contributed by atoms with van der Waals surface area (Å²) in [6.45, 7) is 4.29. The fourth-order valence-electron chi connectivity index (χ4n) is 5.93. The van der Waals surface area contributed by atoms with Crippen molar-refractivity contribution in [2.75, 3.05) is 13.2 Å². The minimum absolute atomic E-state index is 0.0223. The van der Waals surface area contributed by atoms with Gasteiger partial charge in [-0.3, -0.25) is 0 Å². The summed E-state index contributed by atoms with van der Waals surface area (Å²) in [6, 6.07) is 31.6. The molecule has 3 atom stereocenters. The zero-order valence-electron chi connectivity index (χ0n) is 24.7. The van der Waals surface area contributed by atoms with Gasteiger partial charge < -0.3 is 18.9 Å². The molecule has 0 bridgehead atoms. The van der Waals surface area contributed by atoms with Gasteiger partial charge >= 0.3 is 0 Å². The first kappa shape index (κ1) is 29.7. The van der Waals surface area contributed by atoms with Crippen molar-refractivity contribution in [2.24, 2.45) is 0 Å². The Bertz CT molecular complexity index is 1500. The van der Waals surface area contributed by atoms with E-state index in [0.717, 1.165) is 53.7 Å². The molecule has 4 nitrogen and oxygen atoms in total. The van der Waals surface area contributed by atoms with Crippen LogP contribution < -0.4 is 4.74 Å². The normalized spacial score (nSPS) is 19.5. The molecule has 3 unspecified atom stereocenters. The van der Waals surface area contributed by atoms with Crippen LogP contribution in [0, 0.1) is 0 Å². The van der Waals surface area contributed by atoms with E-state index in [1.807, 2.05) is 30.3 Å².